The van der Waals surface area contributed by atoms with E-state index in [4.69, 9.17) is 4.74 Å². The van der Waals surface area contributed by atoms with Crippen molar-refractivity contribution < 1.29 is 9.53 Å². The molecule has 2 aliphatic rings. The summed E-state index contributed by atoms with van der Waals surface area (Å²) in [5.41, 5.74) is 0.521. The third-order valence-corrected chi connectivity index (χ3v) is 4.37. The van der Waals surface area contributed by atoms with Crippen LogP contribution in [0.4, 0.5) is 0 Å². The summed E-state index contributed by atoms with van der Waals surface area (Å²) in [6.45, 7) is 1.65. The van der Waals surface area contributed by atoms with Gasteiger partial charge in [0.15, 0.2) is 0 Å². The maximum absolute atomic E-state index is 12.5. The number of aromatic nitrogens is 1. The van der Waals surface area contributed by atoms with Crippen molar-refractivity contribution in [1.82, 2.24) is 9.88 Å². The zero-order valence-electron chi connectivity index (χ0n) is 10.7. The molecule has 1 aromatic heterocycles. The molecule has 3 heterocycles. The second-order valence-corrected chi connectivity index (χ2v) is 6.04. The molecule has 0 aliphatic carbocycles. The molecule has 0 saturated carbocycles. The number of hydrogen-bond acceptors (Lipinski definition) is 3. The molecule has 2 unspecified atom stereocenters. The van der Waals surface area contributed by atoms with Gasteiger partial charge >= 0.3 is 0 Å². The van der Waals surface area contributed by atoms with E-state index in [0.717, 1.165) is 43.3 Å². The van der Waals surface area contributed by atoms with E-state index in [1.54, 1.807) is 12.3 Å². The number of pyridine rings is 1. The lowest BCUT2D eigenvalue weighted by Crippen LogP contribution is -2.42. The Morgan fingerprint density at radius 3 is 2.95 bits per heavy atom. The van der Waals surface area contributed by atoms with Crippen molar-refractivity contribution in [2.75, 3.05) is 13.2 Å². The molecule has 0 bridgehead atoms. The van der Waals surface area contributed by atoms with Crippen molar-refractivity contribution >= 4 is 21.8 Å². The van der Waals surface area contributed by atoms with Crippen LogP contribution < -0.4 is 0 Å². The van der Waals surface area contributed by atoms with Gasteiger partial charge in [-0.3, -0.25) is 4.79 Å². The van der Waals surface area contributed by atoms with E-state index in [9.17, 15) is 4.79 Å². The summed E-state index contributed by atoms with van der Waals surface area (Å²) < 4.78 is 6.64. The van der Waals surface area contributed by atoms with Gasteiger partial charge in [0.1, 0.15) is 5.69 Å². The highest BCUT2D eigenvalue weighted by Gasteiger charge is 2.37. The first-order valence-corrected chi connectivity index (χ1v) is 7.59. The average molecular weight is 325 g/mol. The maximum atomic E-state index is 12.5. The van der Waals surface area contributed by atoms with Gasteiger partial charge in [0.05, 0.1) is 12.1 Å². The number of carbonyl (C=O) groups excluding carboxylic acids is 1. The molecule has 0 radical (unpaired) electrons. The SMILES string of the molecule is O=C(c1ccc(Br)cn1)N1CCCC1C1CCCO1. The Labute approximate surface area is 121 Å². The predicted molar refractivity (Wildman–Crippen MR) is 75.0 cm³/mol. The molecule has 19 heavy (non-hydrogen) atoms. The molecule has 4 nitrogen and oxygen atoms in total. The standard InChI is InChI=1S/C14H17BrN2O2/c15-10-5-6-11(16-9-10)14(18)17-7-1-3-12(17)13-4-2-8-19-13/h5-6,9,12-13H,1-4,7-8H2. The van der Waals surface area contributed by atoms with Crippen molar-refractivity contribution in [1.29, 1.82) is 0 Å². The zero-order valence-corrected chi connectivity index (χ0v) is 12.3. The van der Waals surface area contributed by atoms with Crippen LogP contribution in [-0.2, 0) is 4.74 Å². The van der Waals surface area contributed by atoms with Crippen LogP contribution in [0.1, 0.15) is 36.2 Å². The molecule has 1 amide bonds. The van der Waals surface area contributed by atoms with Crippen molar-refractivity contribution in [3.8, 4) is 0 Å². The Balaban J connectivity index is 1.76. The van der Waals surface area contributed by atoms with Crippen LogP contribution in [0.2, 0.25) is 0 Å². The fourth-order valence-electron chi connectivity index (χ4n) is 2.99. The Bertz CT molecular complexity index is 457. The summed E-state index contributed by atoms with van der Waals surface area (Å²) in [7, 11) is 0. The summed E-state index contributed by atoms with van der Waals surface area (Å²) in [6, 6.07) is 3.87. The molecular weight excluding hydrogens is 308 g/mol. The van der Waals surface area contributed by atoms with Crippen molar-refractivity contribution in [3.05, 3.63) is 28.5 Å². The number of nitrogens with zero attached hydrogens (tertiary/aromatic N) is 2. The molecule has 2 atom stereocenters. The van der Waals surface area contributed by atoms with Gasteiger partial charge in [-0.25, -0.2) is 4.98 Å². The van der Waals surface area contributed by atoms with E-state index in [1.165, 1.54) is 0 Å². The van der Waals surface area contributed by atoms with Gasteiger partial charge in [0.25, 0.3) is 5.91 Å². The molecule has 3 rings (SSSR count). The van der Waals surface area contributed by atoms with Gasteiger partial charge in [0.2, 0.25) is 0 Å². The third-order valence-electron chi connectivity index (χ3n) is 3.90. The van der Waals surface area contributed by atoms with Gasteiger partial charge in [-0.15, -0.1) is 0 Å². The topological polar surface area (TPSA) is 42.4 Å². The number of ether oxygens (including phenoxy) is 1. The van der Waals surface area contributed by atoms with Crippen LogP contribution in [0.25, 0.3) is 0 Å². The monoisotopic (exact) mass is 324 g/mol. The van der Waals surface area contributed by atoms with Crippen LogP contribution in [-0.4, -0.2) is 41.1 Å². The molecule has 0 aromatic carbocycles. The van der Waals surface area contributed by atoms with Crippen molar-refractivity contribution in [2.24, 2.45) is 0 Å². The lowest BCUT2D eigenvalue weighted by atomic mass is 10.1. The molecule has 102 valence electrons. The summed E-state index contributed by atoms with van der Waals surface area (Å²) in [5, 5.41) is 0. The maximum Gasteiger partial charge on any atom is 0.272 e. The number of hydrogen-bond donors (Lipinski definition) is 0. The Hall–Kier alpha value is -0.940. The van der Waals surface area contributed by atoms with Crippen LogP contribution in [0.15, 0.2) is 22.8 Å². The molecular formula is C14H17BrN2O2. The normalized spacial score (nSPS) is 26.9. The predicted octanol–water partition coefficient (Wildman–Crippen LogP) is 2.63. The first-order chi connectivity index (χ1) is 9.25. The van der Waals surface area contributed by atoms with E-state index in [0.29, 0.717) is 5.69 Å². The Morgan fingerprint density at radius 1 is 1.37 bits per heavy atom. The highest BCUT2D eigenvalue weighted by Crippen LogP contribution is 2.28. The molecule has 1 aromatic rings. The van der Waals surface area contributed by atoms with Gasteiger partial charge in [0, 0.05) is 23.8 Å². The minimum Gasteiger partial charge on any atom is -0.376 e. The van der Waals surface area contributed by atoms with E-state index in [-0.39, 0.29) is 18.1 Å². The van der Waals surface area contributed by atoms with Crippen LogP contribution in [0.5, 0.6) is 0 Å². The van der Waals surface area contributed by atoms with Crippen LogP contribution in [0.3, 0.4) is 0 Å². The number of amides is 1. The fraction of sp³-hybridized carbons (Fsp3) is 0.571. The largest absolute Gasteiger partial charge is 0.376 e. The number of carbonyl (C=O) groups is 1. The summed E-state index contributed by atoms with van der Waals surface area (Å²) >= 11 is 3.34. The first kappa shape index (κ1) is 13.1. The first-order valence-electron chi connectivity index (χ1n) is 6.80. The average Bonchev–Trinajstić information content (AvgIpc) is 3.09. The van der Waals surface area contributed by atoms with Gasteiger partial charge in [-0.2, -0.15) is 0 Å². The Kier molecular flexibility index (Phi) is 3.84. The molecule has 5 heteroatoms. The third kappa shape index (κ3) is 2.67. The lowest BCUT2D eigenvalue weighted by Gasteiger charge is -2.28. The van der Waals surface area contributed by atoms with Gasteiger partial charge in [-0.05, 0) is 53.7 Å². The van der Waals surface area contributed by atoms with Crippen LogP contribution >= 0.6 is 15.9 Å². The van der Waals surface area contributed by atoms with E-state index >= 15 is 0 Å². The molecule has 2 aliphatic heterocycles. The summed E-state index contributed by atoms with van der Waals surface area (Å²) in [4.78, 5) is 18.7. The van der Waals surface area contributed by atoms with Gasteiger partial charge in [-0.1, -0.05) is 0 Å². The van der Waals surface area contributed by atoms with E-state index < -0.39 is 0 Å². The zero-order chi connectivity index (χ0) is 13.2. The number of halogens is 1. The molecule has 0 spiro atoms. The number of likely N-dealkylation sites (tertiary alicyclic amines) is 1. The van der Waals surface area contributed by atoms with E-state index in [1.807, 2.05) is 11.0 Å². The summed E-state index contributed by atoms with van der Waals surface area (Å²) in [6.07, 6.45) is 6.19. The lowest BCUT2D eigenvalue weighted by molar-refractivity contribution is 0.0337. The molecule has 0 N–H and O–H groups in total. The highest BCUT2D eigenvalue weighted by molar-refractivity contribution is 9.10. The van der Waals surface area contributed by atoms with Crippen molar-refractivity contribution in [3.63, 3.8) is 0 Å². The second-order valence-electron chi connectivity index (χ2n) is 5.12. The molecule has 2 saturated heterocycles. The van der Waals surface area contributed by atoms with E-state index in [2.05, 4.69) is 20.9 Å². The van der Waals surface area contributed by atoms with Crippen LogP contribution in [0, 0.1) is 0 Å². The van der Waals surface area contributed by atoms with Gasteiger partial charge < -0.3 is 9.64 Å². The molecule has 2 fully saturated rings. The minimum atomic E-state index is 0.0329. The number of rotatable bonds is 2. The fourth-order valence-corrected chi connectivity index (χ4v) is 3.22. The second kappa shape index (κ2) is 5.59. The smallest absolute Gasteiger partial charge is 0.272 e. The Morgan fingerprint density at radius 2 is 2.26 bits per heavy atom. The minimum absolute atomic E-state index is 0.0329. The quantitative estimate of drug-likeness (QED) is 0.839. The van der Waals surface area contributed by atoms with Crippen molar-refractivity contribution in [2.45, 2.75) is 37.8 Å². The highest BCUT2D eigenvalue weighted by atomic mass is 79.9. The summed E-state index contributed by atoms with van der Waals surface area (Å²) in [5.74, 6) is 0.0329.